The normalized spacial score (nSPS) is 11.5. The van der Waals surface area contributed by atoms with Crippen LogP contribution in [0.25, 0.3) is 81.2 Å². The number of rotatable bonds is 5. The average Bonchev–Trinajstić information content (AvgIpc) is 3.23. The van der Waals surface area contributed by atoms with Gasteiger partial charge in [0.15, 0.2) is 5.69 Å². The maximum absolute atomic E-state index is 7.52. The molecular formula is C50H31N2P. The van der Waals surface area contributed by atoms with Gasteiger partial charge in [-0.05, 0) is 91.0 Å². The molecule has 3 heteroatoms. The molecule has 1 aromatic heterocycles. The van der Waals surface area contributed by atoms with Crippen molar-refractivity contribution in [2.24, 2.45) is 0 Å². The zero-order valence-corrected chi connectivity index (χ0v) is 29.6. The molecule has 1 heterocycles. The van der Waals surface area contributed by atoms with Gasteiger partial charge < -0.3 is 0 Å². The van der Waals surface area contributed by atoms with Crippen LogP contribution in [0.4, 0.5) is 5.69 Å². The predicted molar refractivity (Wildman–Crippen MR) is 228 cm³/mol. The van der Waals surface area contributed by atoms with Gasteiger partial charge >= 0.3 is 0 Å². The zero-order valence-electron chi connectivity index (χ0n) is 28.7. The molecular weight excluding hydrogens is 660 g/mol. The molecule has 0 aliphatic heterocycles. The van der Waals surface area contributed by atoms with Crippen LogP contribution < -0.4 is 15.9 Å². The third kappa shape index (κ3) is 5.34. The monoisotopic (exact) mass is 690 g/mol. The van der Waals surface area contributed by atoms with E-state index in [1.807, 2.05) is 24.3 Å². The molecule has 0 unspecified atom stereocenters. The fourth-order valence-electron chi connectivity index (χ4n) is 7.91. The maximum Gasteiger partial charge on any atom is 0.187 e. The van der Waals surface area contributed by atoms with Crippen LogP contribution in [0.1, 0.15) is 0 Å². The summed E-state index contributed by atoms with van der Waals surface area (Å²) in [5.74, 6) is 0. The minimum atomic E-state index is -0.678. The van der Waals surface area contributed by atoms with E-state index in [1.54, 1.807) is 0 Å². The van der Waals surface area contributed by atoms with Crippen LogP contribution in [0.15, 0.2) is 188 Å². The van der Waals surface area contributed by atoms with Crippen LogP contribution >= 0.6 is 7.92 Å². The van der Waals surface area contributed by atoms with Crippen LogP contribution in [0.5, 0.6) is 0 Å². The highest BCUT2D eigenvalue weighted by Crippen LogP contribution is 2.44. The molecule has 0 amide bonds. The van der Waals surface area contributed by atoms with E-state index in [4.69, 9.17) is 11.6 Å². The standard InChI is InChI=1S/C50H31N2P/c1-51-38-26-22-33(23-27-38)50-49-45-19-11-9-17-43(45)42-16-8-10-18-44(42)48(49)46-29-25-37(32-47(46)52-50)34-20-21-36-31-41(28-24-35(36)30-34)53(39-12-4-2-5-13-39)40-14-6-3-7-15-40/h2-32H. The summed E-state index contributed by atoms with van der Waals surface area (Å²) in [6.45, 7) is 7.52. The SMILES string of the molecule is [C-]#[N+]c1ccc(-c2nc3cc(-c4ccc5cc(P(c6ccccc6)c6ccccc6)ccc5c4)ccc3c3c4ccccc4c4ccccc4c23)cc1. The second kappa shape index (κ2) is 12.8. The molecule has 10 aromatic rings. The zero-order chi connectivity index (χ0) is 35.3. The third-order valence-electron chi connectivity index (χ3n) is 10.4. The second-order valence-electron chi connectivity index (χ2n) is 13.4. The summed E-state index contributed by atoms with van der Waals surface area (Å²) >= 11 is 0. The van der Waals surface area contributed by atoms with E-state index < -0.39 is 7.92 Å². The van der Waals surface area contributed by atoms with Gasteiger partial charge in [0, 0.05) is 16.2 Å². The fraction of sp³-hybridized carbons (Fsp3) is 0. The van der Waals surface area contributed by atoms with Gasteiger partial charge in [0.25, 0.3) is 0 Å². The summed E-state index contributed by atoms with van der Waals surface area (Å²) in [6.07, 6.45) is 0. The summed E-state index contributed by atoms with van der Waals surface area (Å²) in [4.78, 5) is 9.09. The van der Waals surface area contributed by atoms with Crippen LogP contribution in [-0.4, -0.2) is 4.98 Å². The summed E-state index contributed by atoms with van der Waals surface area (Å²) in [6, 6.07) is 67.5. The first-order chi connectivity index (χ1) is 26.2. The number of hydrogen-bond donors (Lipinski definition) is 0. The molecule has 0 saturated carbocycles. The van der Waals surface area contributed by atoms with E-state index in [1.165, 1.54) is 53.6 Å². The molecule has 0 saturated heterocycles. The number of pyridine rings is 1. The predicted octanol–water partition coefficient (Wildman–Crippen LogP) is 12.5. The Kier molecular flexibility index (Phi) is 7.54. The van der Waals surface area contributed by atoms with Crippen LogP contribution in [-0.2, 0) is 0 Å². The van der Waals surface area contributed by atoms with Gasteiger partial charge in [0.05, 0.1) is 17.8 Å². The summed E-state index contributed by atoms with van der Waals surface area (Å²) in [5, 5.41) is 14.8. The molecule has 10 rings (SSSR count). The third-order valence-corrected chi connectivity index (χ3v) is 12.8. The van der Waals surface area contributed by atoms with E-state index in [9.17, 15) is 0 Å². The van der Waals surface area contributed by atoms with Gasteiger partial charge in [-0.2, -0.15) is 0 Å². The number of fused-ring (bicyclic) bond motifs is 9. The first-order valence-corrected chi connectivity index (χ1v) is 19.2. The highest BCUT2D eigenvalue weighted by Gasteiger charge is 2.19. The number of hydrogen-bond acceptors (Lipinski definition) is 1. The Bertz CT molecular complexity index is 3020. The van der Waals surface area contributed by atoms with E-state index in [-0.39, 0.29) is 0 Å². The minimum Gasteiger partial charge on any atom is -0.247 e. The van der Waals surface area contributed by atoms with Crippen molar-refractivity contribution in [2.45, 2.75) is 0 Å². The van der Waals surface area contributed by atoms with E-state index in [0.29, 0.717) is 5.69 Å². The molecule has 2 nitrogen and oxygen atoms in total. The summed E-state index contributed by atoms with van der Waals surface area (Å²) < 4.78 is 0. The molecule has 9 aromatic carbocycles. The van der Waals surface area contributed by atoms with Gasteiger partial charge in [0.2, 0.25) is 0 Å². The van der Waals surface area contributed by atoms with Gasteiger partial charge in [-0.15, -0.1) is 0 Å². The molecule has 0 radical (unpaired) electrons. The van der Waals surface area contributed by atoms with E-state index in [2.05, 4.69) is 169 Å². The summed E-state index contributed by atoms with van der Waals surface area (Å²) in [7, 11) is -0.678. The lowest BCUT2D eigenvalue weighted by molar-refractivity contribution is 1.43. The molecule has 0 spiro atoms. The van der Waals surface area contributed by atoms with Crippen molar-refractivity contribution in [3.05, 3.63) is 199 Å². The highest BCUT2D eigenvalue weighted by atomic mass is 31.1. The minimum absolute atomic E-state index is 0.622. The average molecular weight is 691 g/mol. The van der Waals surface area contributed by atoms with Crippen molar-refractivity contribution >= 4 is 83.5 Å². The number of aromatic nitrogens is 1. The number of benzene rings is 9. The Morgan fingerprint density at radius 2 is 0.925 bits per heavy atom. The quantitative estimate of drug-likeness (QED) is 0.0998. The van der Waals surface area contributed by atoms with Crippen molar-refractivity contribution in [3.8, 4) is 22.4 Å². The van der Waals surface area contributed by atoms with Crippen molar-refractivity contribution in [2.75, 3.05) is 0 Å². The summed E-state index contributed by atoms with van der Waals surface area (Å²) in [5.41, 5.74) is 5.80. The Hall–Kier alpha value is -6.65. The first kappa shape index (κ1) is 31.1. The Morgan fingerprint density at radius 3 is 1.58 bits per heavy atom. The van der Waals surface area contributed by atoms with Crippen LogP contribution in [0.3, 0.4) is 0 Å². The number of nitrogens with zero attached hydrogens (tertiary/aromatic N) is 2. The van der Waals surface area contributed by atoms with E-state index >= 15 is 0 Å². The molecule has 53 heavy (non-hydrogen) atoms. The Balaban J connectivity index is 1.15. The van der Waals surface area contributed by atoms with Crippen LogP contribution in [0, 0.1) is 6.57 Å². The van der Waals surface area contributed by atoms with Crippen molar-refractivity contribution < 1.29 is 0 Å². The highest BCUT2D eigenvalue weighted by molar-refractivity contribution is 7.79. The molecule has 0 atom stereocenters. The van der Waals surface area contributed by atoms with Gasteiger partial charge in [-0.3, -0.25) is 0 Å². The lowest BCUT2D eigenvalue weighted by atomic mass is 9.89. The van der Waals surface area contributed by atoms with Gasteiger partial charge in [0.1, 0.15) is 0 Å². The molecule has 0 aliphatic carbocycles. The lowest BCUT2D eigenvalue weighted by Gasteiger charge is -2.20. The topological polar surface area (TPSA) is 17.2 Å². The van der Waals surface area contributed by atoms with Crippen LogP contribution in [0.2, 0.25) is 0 Å². The molecule has 0 aliphatic rings. The van der Waals surface area contributed by atoms with E-state index in [0.717, 1.165) is 38.7 Å². The van der Waals surface area contributed by atoms with Gasteiger partial charge in [-0.1, -0.05) is 170 Å². The molecule has 0 N–H and O–H groups in total. The van der Waals surface area contributed by atoms with Gasteiger partial charge in [-0.25, -0.2) is 9.83 Å². The van der Waals surface area contributed by atoms with Crippen molar-refractivity contribution in [1.29, 1.82) is 0 Å². The first-order valence-electron chi connectivity index (χ1n) is 17.8. The van der Waals surface area contributed by atoms with Crippen molar-refractivity contribution in [3.63, 3.8) is 0 Å². The molecule has 0 bridgehead atoms. The molecule has 0 fully saturated rings. The second-order valence-corrected chi connectivity index (χ2v) is 15.7. The lowest BCUT2D eigenvalue weighted by Crippen LogP contribution is -2.20. The Morgan fingerprint density at radius 1 is 0.396 bits per heavy atom. The van der Waals surface area contributed by atoms with Crippen molar-refractivity contribution in [1.82, 2.24) is 4.98 Å². The fourth-order valence-corrected chi connectivity index (χ4v) is 10.2. The largest absolute Gasteiger partial charge is 0.247 e. The Labute approximate surface area is 309 Å². The maximum atomic E-state index is 7.52. The smallest absolute Gasteiger partial charge is 0.187 e. The molecule has 246 valence electrons.